The standard InChI is InChI=1S/C28H33N5O6S/c1-37-19-14-8-7-13-18(19)33(28(36)25-21(29)22(26(30)34)32-40-25)23(27(35)31-16-10-5-4-6-11-16)17-12-9-15-20(38-2)24(17)39-3/h7-9,12-16,23H,4-6,10-11,29H2,1-3H3,(H2,30,34)(H,31,35)/t23-/m0/s1. The molecule has 1 aliphatic carbocycles. The Balaban J connectivity index is 1.96. The molecule has 4 rings (SSSR count). The average molecular weight is 568 g/mol. The number of para-hydroxylation sites is 3. The number of methoxy groups -OCH3 is 3. The molecule has 3 amide bonds. The van der Waals surface area contributed by atoms with Crippen LogP contribution in [0.15, 0.2) is 42.5 Å². The summed E-state index contributed by atoms with van der Waals surface area (Å²) < 4.78 is 20.8. The number of primary amides is 1. The van der Waals surface area contributed by atoms with E-state index in [1.165, 1.54) is 26.2 Å². The molecule has 1 aromatic heterocycles. The highest BCUT2D eigenvalue weighted by atomic mass is 32.1. The smallest absolute Gasteiger partial charge is 0.273 e. The van der Waals surface area contributed by atoms with Crippen LogP contribution in [0.4, 0.5) is 11.4 Å². The Morgan fingerprint density at radius 1 is 0.975 bits per heavy atom. The van der Waals surface area contributed by atoms with E-state index in [0.717, 1.165) is 43.6 Å². The Labute approximate surface area is 236 Å². The predicted octanol–water partition coefficient (Wildman–Crippen LogP) is 3.69. The molecule has 0 bridgehead atoms. The van der Waals surface area contributed by atoms with E-state index >= 15 is 0 Å². The number of carbonyl (C=O) groups excluding carboxylic acids is 3. The summed E-state index contributed by atoms with van der Waals surface area (Å²) >= 11 is 0.731. The Morgan fingerprint density at radius 3 is 2.27 bits per heavy atom. The summed E-state index contributed by atoms with van der Waals surface area (Å²) in [5.74, 6) is -0.937. The number of amides is 3. The third-order valence-electron chi connectivity index (χ3n) is 6.91. The molecule has 212 valence electrons. The van der Waals surface area contributed by atoms with Gasteiger partial charge in [0, 0.05) is 11.6 Å². The van der Waals surface area contributed by atoms with Crippen molar-refractivity contribution >= 4 is 40.6 Å². The van der Waals surface area contributed by atoms with Gasteiger partial charge in [0.2, 0.25) is 5.91 Å². The van der Waals surface area contributed by atoms with E-state index in [0.29, 0.717) is 22.7 Å². The van der Waals surface area contributed by atoms with Gasteiger partial charge in [-0.3, -0.25) is 19.3 Å². The van der Waals surface area contributed by atoms with E-state index in [9.17, 15) is 14.4 Å². The minimum Gasteiger partial charge on any atom is -0.495 e. The van der Waals surface area contributed by atoms with Gasteiger partial charge in [0.15, 0.2) is 17.2 Å². The van der Waals surface area contributed by atoms with Crippen LogP contribution in [-0.2, 0) is 4.79 Å². The molecule has 1 atom stereocenters. The molecule has 0 unspecified atom stereocenters. The number of nitrogens with one attached hydrogen (secondary N) is 1. The second-order valence-electron chi connectivity index (χ2n) is 9.31. The number of ether oxygens (including phenoxy) is 3. The van der Waals surface area contributed by atoms with Gasteiger partial charge in [0.25, 0.3) is 11.8 Å². The Morgan fingerprint density at radius 2 is 1.65 bits per heavy atom. The van der Waals surface area contributed by atoms with Crippen molar-refractivity contribution in [1.82, 2.24) is 9.69 Å². The van der Waals surface area contributed by atoms with E-state index in [-0.39, 0.29) is 28.0 Å². The van der Waals surface area contributed by atoms with E-state index in [2.05, 4.69) is 9.69 Å². The van der Waals surface area contributed by atoms with Gasteiger partial charge in [-0.15, -0.1) is 0 Å². The highest BCUT2D eigenvalue weighted by Crippen LogP contribution is 2.43. The van der Waals surface area contributed by atoms with Gasteiger partial charge in [0.1, 0.15) is 16.7 Å². The number of nitrogens with two attached hydrogens (primary N) is 2. The number of anilines is 2. The molecule has 5 N–H and O–H groups in total. The molecule has 40 heavy (non-hydrogen) atoms. The number of benzene rings is 2. The normalized spacial score (nSPS) is 14.2. The summed E-state index contributed by atoms with van der Waals surface area (Å²) in [6, 6.07) is 10.6. The van der Waals surface area contributed by atoms with Gasteiger partial charge in [-0.1, -0.05) is 43.5 Å². The van der Waals surface area contributed by atoms with Crippen LogP contribution in [0.5, 0.6) is 17.2 Å². The maximum absolute atomic E-state index is 14.4. The van der Waals surface area contributed by atoms with Crippen LogP contribution < -0.4 is 35.9 Å². The minimum atomic E-state index is -1.24. The van der Waals surface area contributed by atoms with Crippen LogP contribution in [0.3, 0.4) is 0 Å². The first-order chi connectivity index (χ1) is 19.3. The molecule has 0 saturated heterocycles. The highest BCUT2D eigenvalue weighted by molar-refractivity contribution is 7.09. The lowest BCUT2D eigenvalue weighted by Crippen LogP contribution is -2.47. The minimum absolute atomic E-state index is 0.0444. The van der Waals surface area contributed by atoms with Gasteiger partial charge in [0.05, 0.1) is 32.7 Å². The first-order valence-corrected chi connectivity index (χ1v) is 13.6. The number of carbonyl (C=O) groups is 3. The van der Waals surface area contributed by atoms with Gasteiger partial charge >= 0.3 is 0 Å². The van der Waals surface area contributed by atoms with E-state index < -0.39 is 23.8 Å². The van der Waals surface area contributed by atoms with Crippen molar-refractivity contribution in [2.45, 2.75) is 44.2 Å². The number of rotatable bonds is 10. The maximum atomic E-state index is 14.4. The molecule has 2 aromatic carbocycles. The molecule has 0 spiro atoms. The Bertz CT molecular complexity index is 1390. The monoisotopic (exact) mass is 567 g/mol. The van der Waals surface area contributed by atoms with Crippen LogP contribution in [0.25, 0.3) is 0 Å². The first kappa shape index (κ1) is 28.7. The second kappa shape index (κ2) is 12.7. The Kier molecular flexibility index (Phi) is 9.10. The van der Waals surface area contributed by atoms with Crippen molar-refractivity contribution in [3.05, 3.63) is 58.6 Å². The first-order valence-electron chi connectivity index (χ1n) is 12.8. The Hall–Kier alpha value is -4.32. The fourth-order valence-electron chi connectivity index (χ4n) is 4.99. The average Bonchev–Trinajstić information content (AvgIpc) is 3.37. The summed E-state index contributed by atoms with van der Waals surface area (Å²) in [6.45, 7) is 0. The van der Waals surface area contributed by atoms with Crippen LogP contribution in [0.1, 0.15) is 63.9 Å². The van der Waals surface area contributed by atoms with Gasteiger partial charge < -0.3 is 31.0 Å². The molecular formula is C28H33N5O6S. The summed E-state index contributed by atoms with van der Waals surface area (Å²) in [7, 11) is 4.43. The third-order valence-corrected chi connectivity index (χ3v) is 7.76. The lowest BCUT2D eigenvalue weighted by Gasteiger charge is -2.34. The molecule has 11 nitrogen and oxygen atoms in total. The fourth-order valence-corrected chi connectivity index (χ4v) is 5.73. The van der Waals surface area contributed by atoms with Crippen molar-refractivity contribution in [3.63, 3.8) is 0 Å². The van der Waals surface area contributed by atoms with E-state index in [1.807, 2.05) is 0 Å². The van der Waals surface area contributed by atoms with Gasteiger partial charge in [-0.2, -0.15) is 4.37 Å². The number of hydrogen-bond acceptors (Lipinski definition) is 9. The topological polar surface area (TPSA) is 159 Å². The zero-order chi connectivity index (χ0) is 28.8. The molecule has 1 heterocycles. The quantitative estimate of drug-likeness (QED) is 0.335. The fraction of sp³-hybridized carbons (Fsp3) is 0.357. The summed E-state index contributed by atoms with van der Waals surface area (Å²) in [4.78, 5) is 41.8. The van der Waals surface area contributed by atoms with Crippen LogP contribution >= 0.6 is 11.5 Å². The van der Waals surface area contributed by atoms with Crippen molar-refractivity contribution in [3.8, 4) is 17.2 Å². The number of nitrogens with zero attached hydrogens (tertiary/aromatic N) is 2. The third kappa shape index (κ3) is 5.67. The van der Waals surface area contributed by atoms with Crippen molar-refractivity contribution in [2.75, 3.05) is 32.0 Å². The zero-order valence-corrected chi connectivity index (χ0v) is 23.5. The van der Waals surface area contributed by atoms with Crippen LogP contribution in [0, 0.1) is 0 Å². The molecule has 1 aliphatic rings. The number of aromatic nitrogens is 1. The molecule has 1 fully saturated rings. The van der Waals surface area contributed by atoms with E-state index in [1.54, 1.807) is 42.5 Å². The van der Waals surface area contributed by atoms with Crippen LogP contribution in [0.2, 0.25) is 0 Å². The zero-order valence-electron chi connectivity index (χ0n) is 22.6. The molecule has 12 heteroatoms. The highest BCUT2D eigenvalue weighted by Gasteiger charge is 2.40. The lowest BCUT2D eigenvalue weighted by molar-refractivity contribution is -0.123. The van der Waals surface area contributed by atoms with Crippen molar-refractivity contribution < 1.29 is 28.6 Å². The maximum Gasteiger partial charge on any atom is 0.273 e. The predicted molar refractivity (Wildman–Crippen MR) is 152 cm³/mol. The lowest BCUT2D eigenvalue weighted by atomic mass is 9.94. The second-order valence-corrected chi connectivity index (χ2v) is 10.1. The van der Waals surface area contributed by atoms with Gasteiger partial charge in [-0.25, -0.2) is 0 Å². The number of hydrogen-bond donors (Lipinski definition) is 3. The summed E-state index contributed by atoms with van der Waals surface area (Å²) in [5.41, 5.74) is 11.9. The SMILES string of the molecule is COc1ccccc1N(C(=O)c1snc(C(N)=O)c1N)[C@H](C(=O)NC1CCCCC1)c1cccc(OC)c1OC. The van der Waals surface area contributed by atoms with Crippen LogP contribution in [-0.4, -0.2) is 49.5 Å². The number of nitrogen functional groups attached to an aromatic ring is 1. The van der Waals surface area contributed by atoms with Crippen molar-refractivity contribution in [2.24, 2.45) is 5.73 Å². The molecule has 0 radical (unpaired) electrons. The van der Waals surface area contributed by atoms with Gasteiger partial charge in [-0.05, 0) is 42.6 Å². The summed E-state index contributed by atoms with van der Waals surface area (Å²) in [5, 5.41) is 3.15. The molecule has 1 saturated carbocycles. The molecule has 3 aromatic rings. The largest absolute Gasteiger partial charge is 0.495 e. The molecular weight excluding hydrogens is 534 g/mol. The van der Waals surface area contributed by atoms with Crippen molar-refractivity contribution in [1.29, 1.82) is 0 Å². The summed E-state index contributed by atoms with van der Waals surface area (Å²) in [6.07, 6.45) is 4.78. The van der Waals surface area contributed by atoms with E-state index in [4.69, 9.17) is 25.7 Å². The molecule has 0 aliphatic heterocycles.